The molecule has 5 heteroatoms. The van der Waals surface area contributed by atoms with Crippen LogP contribution in [0.15, 0.2) is 23.7 Å². The van der Waals surface area contributed by atoms with Crippen LogP contribution in [0, 0.1) is 0 Å². The second-order valence-corrected chi connectivity index (χ2v) is 6.45. The van der Waals surface area contributed by atoms with Crippen LogP contribution >= 0.6 is 11.3 Å². The molecule has 0 aliphatic carbocycles. The lowest BCUT2D eigenvalue weighted by molar-refractivity contribution is 0.198. The predicted octanol–water partition coefficient (Wildman–Crippen LogP) is 2.89. The summed E-state index contributed by atoms with van der Waals surface area (Å²) in [6.45, 7) is 3.80. The van der Waals surface area contributed by atoms with Crippen LogP contribution in [0.25, 0.3) is 10.1 Å². The van der Waals surface area contributed by atoms with E-state index in [4.69, 9.17) is 4.74 Å². The van der Waals surface area contributed by atoms with Gasteiger partial charge in [-0.1, -0.05) is 0 Å². The average molecular weight is 305 g/mol. The number of thiophene rings is 1. The number of piperidine rings is 1. The molecule has 0 bridgehead atoms. The molecule has 2 aromatic heterocycles. The van der Waals surface area contributed by atoms with E-state index in [1.54, 1.807) is 18.4 Å². The van der Waals surface area contributed by atoms with Crippen LogP contribution in [0.3, 0.4) is 0 Å². The molecule has 3 rings (SSSR count). The lowest BCUT2D eigenvalue weighted by Crippen LogP contribution is -2.46. The molecule has 0 aromatic carbocycles. The van der Waals surface area contributed by atoms with Crippen molar-refractivity contribution in [2.24, 2.45) is 0 Å². The van der Waals surface area contributed by atoms with Crippen molar-refractivity contribution in [2.45, 2.75) is 25.3 Å². The Morgan fingerprint density at radius 2 is 2.38 bits per heavy atom. The SMILES string of the molecule is COCCNCC1CCCCN1c1nccc2sccc12. The maximum Gasteiger partial charge on any atom is 0.137 e. The molecular weight excluding hydrogens is 282 g/mol. The van der Waals surface area contributed by atoms with Crippen LogP contribution in [-0.4, -0.2) is 44.4 Å². The van der Waals surface area contributed by atoms with Gasteiger partial charge in [0.2, 0.25) is 0 Å². The largest absolute Gasteiger partial charge is 0.383 e. The first kappa shape index (κ1) is 14.8. The quantitative estimate of drug-likeness (QED) is 0.833. The molecule has 1 fully saturated rings. The first-order chi connectivity index (χ1) is 10.4. The van der Waals surface area contributed by atoms with Crippen LogP contribution in [0.5, 0.6) is 0 Å². The Labute approximate surface area is 130 Å². The van der Waals surface area contributed by atoms with E-state index in [-0.39, 0.29) is 0 Å². The third-order valence-electron chi connectivity index (χ3n) is 4.12. The van der Waals surface area contributed by atoms with Gasteiger partial charge in [0.15, 0.2) is 0 Å². The van der Waals surface area contributed by atoms with Crippen molar-refractivity contribution in [1.29, 1.82) is 0 Å². The van der Waals surface area contributed by atoms with Gasteiger partial charge in [0.05, 0.1) is 6.61 Å². The van der Waals surface area contributed by atoms with E-state index < -0.39 is 0 Å². The first-order valence-electron chi connectivity index (χ1n) is 7.68. The van der Waals surface area contributed by atoms with Gasteiger partial charge in [0, 0.05) is 49.1 Å². The minimum atomic E-state index is 0.536. The van der Waals surface area contributed by atoms with Crippen molar-refractivity contribution in [3.8, 4) is 0 Å². The Balaban J connectivity index is 1.75. The molecule has 1 atom stereocenters. The first-order valence-corrected chi connectivity index (χ1v) is 8.56. The number of hydrogen-bond acceptors (Lipinski definition) is 5. The van der Waals surface area contributed by atoms with E-state index in [9.17, 15) is 0 Å². The molecule has 2 aromatic rings. The molecule has 0 amide bonds. The highest BCUT2D eigenvalue weighted by atomic mass is 32.1. The number of nitrogens with one attached hydrogen (secondary N) is 1. The van der Waals surface area contributed by atoms with E-state index in [1.807, 2.05) is 6.20 Å². The van der Waals surface area contributed by atoms with Crippen LogP contribution in [0.4, 0.5) is 5.82 Å². The summed E-state index contributed by atoms with van der Waals surface area (Å²) in [5, 5.41) is 6.96. The third kappa shape index (κ3) is 3.36. The Hall–Kier alpha value is -1.17. The van der Waals surface area contributed by atoms with Crippen molar-refractivity contribution in [3.05, 3.63) is 23.7 Å². The maximum absolute atomic E-state index is 5.10. The normalized spacial score (nSPS) is 19.3. The zero-order chi connectivity index (χ0) is 14.5. The molecule has 1 N–H and O–H groups in total. The lowest BCUT2D eigenvalue weighted by Gasteiger charge is -2.37. The highest BCUT2D eigenvalue weighted by Crippen LogP contribution is 2.32. The minimum absolute atomic E-state index is 0.536. The molecular formula is C16H23N3OS. The molecule has 3 heterocycles. The summed E-state index contributed by atoms with van der Waals surface area (Å²) in [7, 11) is 1.75. The van der Waals surface area contributed by atoms with Crippen molar-refractivity contribution < 1.29 is 4.74 Å². The van der Waals surface area contributed by atoms with E-state index >= 15 is 0 Å². The zero-order valence-corrected chi connectivity index (χ0v) is 13.4. The number of nitrogens with zero attached hydrogens (tertiary/aromatic N) is 2. The van der Waals surface area contributed by atoms with E-state index in [1.165, 1.54) is 29.3 Å². The Bertz CT molecular complexity index is 571. The summed E-state index contributed by atoms with van der Waals surface area (Å²) in [5.41, 5.74) is 0. The van der Waals surface area contributed by atoms with Crippen molar-refractivity contribution in [1.82, 2.24) is 10.3 Å². The van der Waals surface area contributed by atoms with Gasteiger partial charge in [-0.2, -0.15) is 0 Å². The fourth-order valence-electron chi connectivity index (χ4n) is 3.04. The standard InChI is InChI=1S/C16H23N3OS/c1-20-10-8-17-12-13-4-2-3-9-19(13)16-14-6-11-21-15(14)5-7-18-16/h5-7,11,13,17H,2-4,8-10,12H2,1H3. The van der Waals surface area contributed by atoms with Crippen LogP contribution < -0.4 is 10.2 Å². The molecule has 1 aliphatic heterocycles. The second kappa shape index (κ2) is 7.20. The van der Waals surface area contributed by atoms with Gasteiger partial charge < -0.3 is 15.0 Å². The molecule has 1 saturated heterocycles. The smallest absolute Gasteiger partial charge is 0.137 e. The molecule has 0 saturated carbocycles. The van der Waals surface area contributed by atoms with Gasteiger partial charge in [0.1, 0.15) is 5.82 Å². The van der Waals surface area contributed by atoms with Gasteiger partial charge >= 0.3 is 0 Å². The van der Waals surface area contributed by atoms with Gasteiger partial charge in [-0.15, -0.1) is 11.3 Å². The molecule has 4 nitrogen and oxygen atoms in total. The van der Waals surface area contributed by atoms with Crippen LogP contribution in [0.2, 0.25) is 0 Å². The Morgan fingerprint density at radius 3 is 3.29 bits per heavy atom. The third-order valence-corrected chi connectivity index (χ3v) is 5.00. The van der Waals surface area contributed by atoms with Gasteiger partial charge in [0.25, 0.3) is 0 Å². The summed E-state index contributed by atoms with van der Waals surface area (Å²) < 4.78 is 6.43. The molecule has 21 heavy (non-hydrogen) atoms. The lowest BCUT2D eigenvalue weighted by atomic mass is 10.0. The molecule has 114 valence electrons. The summed E-state index contributed by atoms with van der Waals surface area (Å²) in [5.74, 6) is 1.16. The monoisotopic (exact) mass is 305 g/mol. The summed E-state index contributed by atoms with van der Waals surface area (Å²) >= 11 is 1.79. The number of anilines is 1. The van der Waals surface area contributed by atoms with Gasteiger partial charge in [-0.3, -0.25) is 0 Å². The topological polar surface area (TPSA) is 37.4 Å². The van der Waals surface area contributed by atoms with Crippen molar-refractivity contribution >= 4 is 27.2 Å². The second-order valence-electron chi connectivity index (χ2n) is 5.51. The number of aromatic nitrogens is 1. The van der Waals surface area contributed by atoms with Crippen LogP contribution in [-0.2, 0) is 4.74 Å². The van der Waals surface area contributed by atoms with Gasteiger partial charge in [-0.25, -0.2) is 4.98 Å². The van der Waals surface area contributed by atoms with E-state index in [0.29, 0.717) is 6.04 Å². The molecule has 1 aliphatic rings. The average Bonchev–Trinajstić information content (AvgIpc) is 3.00. The van der Waals surface area contributed by atoms with Crippen molar-refractivity contribution in [3.63, 3.8) is 0 Å². The summed E-state index contributed by atoms with van der Waals surface area (Å²) in [6, 6.07) is 4.85. The Kier molecular flexibility index (Phi) is 5.06. The number of methoxy groups -OCH3 is 1. The highest BCUT2D eigenvalue weighted by molar-refractivity contribution is 7.17. The van der Waals surface area contributed by atoms with Crippen LogP contribution in [0.1, 0.15) is 19.3 Å². The number of fused-ring (bicyclic) bond motifs is 1. The molecule has 0 spiro atoms. The fourth-order valence-corrected chi connectivity index (χ4v) is 3.82. The number of rotatable bonds is 6. The van der Waals surface area contributed by atoms with Gasteiger partial charge in [-0.05, 0) is 36.8 Å². The molecule has 0 radical (unpaired) electrons. The number of ether oxygens (including phenoxy) is 1. The van der Waals surface area contributed by atoms with E-state index in [2.05, 4.69) is 32.7 Å². The maximum atomic E-state index is 5.10. The highest BCUT2D eigenvalue weighted by Gasteiger charge is 2.24. The van der Waals surface area contributed by atoms with E-state index in [0.717, 1.165) is 32.1 Å². The van der Waals surface area contributed by atoms with Crippen molar-refractivity contribution in [2.75, 3.05) is 38.3 Å². The Morgan fingerprint density at radius 1 is 1.43 bits per heavy atom. The molecule has 1 unspecified atom stereocenters. The fraction of sp³-hybridized carbons (Fsp3) is 0.562. The summed E-state index contributed by atoms with van der Waals surface area (Å²) in [6.07, 6.45) is 5.75. The predicted molar refractivity (Wildman–Crippen MR) is 89.4 cm³/mol. The minimum Gasteiger partial charge on any atom is -0.383 e. The zero-order valence-electron chi connectivity index (χ0n) is 12.5. The summed E-state index contributed by atoms with van der Waals surface area (Å²) in [4.78, 5) is 7.18. The number of hydrogen-bond donors (Lipinski definition) is 1. The number of pyridine rings is 1.